The minimum atomic E-state index is -0.498. The Balaban J connectivity index is 2.07. The fourth-order valence-corrected chi connectivity index (χ4v) is 2.85. The Bertz CT molecular complexity index is 665. The number of benzene rings is 1. The second-order valence-electron chi connectivity index (χ2n) is 6.73. The molecule has 2 aromatic rings. The number of para-hydroxylation sites is 1. The van der Waals surface area contributed by atoms with Crippen LogP contribution in [0.5, 0.6) is 0 Å². The fourth-order valence-electron chi connectivity index (χ4n) is 2.20. The second kappa shape index (κ2) is 7.66. The average molecular weight is 347 g/mol. The molecule has 5 nitrogen and oxygen atoms in total. The number of aromatic nitrogens is 1. The van der Waals surface area contributed by atoms with E-state index in [-0.39, 0.29) is 12.1 Å². The van der Waals surface area contributed by atoms with Crippen molar-refractivity contribution in [1.82, 2.24) is 9.88 Å². The van der Waals surface area contributed by atoms with Crippen LogP contribution in [0.25, 0.3) is 0 Å². The highest BCUT2D eigenvalue weighted by molar-refractivity contribution is 7.09. The van der Waals surface area contributed by atoms with Gasteiger partial charge in [-0.1, -0.05) is 18.2 Å². The van der Waals surface area contributed by atoms with Crippen LogP contribution in [0.3, 0.4) is 0 Å². The van der Waals surface area contributed by atoms with Crippen LogP contribution in [0.2, 0.25) is 0 Å². The first kappa shape index (κ1) is 18.3. The van der Waals surface area contributed by atoms with Gasteiger partial charge in [-0.05, 0) is 39.3 Å². The van der Waals surface area contributed by atoms with E-state index >= 15 is 0 Å². The lowest BCUT2D eigenvalue weighted by atomic mass is 10.1. The Hall–Kier alpha value is -2.08. The normalized spacial score (nSPS) is 12.5. The summed E-state index contributed by atoms with van der Waals surface area (Å²) in [7, 11) is 1.75. The van der Waals surface area contributed by atoms with Gasteiger partial charge in [0.05, 0.1) is 12.6 Å². The van der Waals surface area contributed by atoms with Crippen molar-refractivity contribution in [2.45, 2.75) is 45.9 Å². The third kappa shape index (κ3) is 5.23. The first-order chi connectivity index (χ1) is 11.3. The molecule has 1 N–H and O–H groups in total. The van der Waals surface area contributed by atoms with E-state index in [0.29, 0.717) is 6.54 Å². The summed E-state index contributed by atoms with van der Waals surface area (Å²) in [6.07, 6.45) is 1.48. The van der Waals surface area contributed by atoms with Gasteiger partial charge < -0.3 is 15.0 Å². The first-order valence-electron chi connectivity index (χ1n) is 7.94. The van der Waals surface area contributed by atoms with E-state index in [0.717, 1.165) is 16.3 Å². The van der Waals surface area contributed by atoms with Crippen LogP contribution >= 0.6 is 11.3 Å². The van der Waals surface area contributed by atoms with Crippen LogP contribution in [0, 0.1) is 0 Å². The maximum absolute atomic E-state index is 12.2. The monoisotopic (exact) mass is 347 g/mol. The molecule has 0 spiro atoms. The predicted molar refractivity (Wildman–Crippen MR) is 98.3 cm³/mol. The van der Waals surface area contributed by atoms with Gasteiger partial charge in [0.2, 0.25) is 0 Å². The Labute approximate surface area is 147 Å². The van der Waals surface area contributed by atoms with Gasteiger partial charge in [-0.25, -0.2) is 9.78 Å². The molecular formula is C18H25N3O2S. The van der Waals surface area contributed by atoms with E-state index in [1.54, 1.807) is 29.5 Å². The molecule has 2 rings (SSSR count). The van der Waals surface area contributed by atoms with E-state index in [4.69, 9.17) is 4.74 Å². The minimum absolute atomic E-state index is 0.109. The summed E-state index contributed by atoms with van der Waals surface area (Å²) < 4.78 is 5.41. The fraction of sp³-hybridized carbons (Fsp3) is 0.444. The number of rotatable bonds is 5. The van der Waals surface area contributed by atoms with Gasteiger partial charge in [-0.15, -0.1) is 11.3 Å². The van der Waals surface area contributed by atoms with Gasteiger partial charge in [0, 0.05) is 24.3 Å². The van der Waals surface area contributed by atoms with Crippen molar-refractivity contribution in [2.75, 3.05) is 12.4 Å². The molecule has 24 heavy (non-hydrogen) atoms. The highest BCUT2D eigenvalue weighted by Crippen LogP contribution is 2.24. The van der Waals surface area contributed by atoms with Gasteiger partial charge in [0.1, 0.15) is 10.6 Å². The molecule has 0 bridgehead atoms. The smallest absolute Gasteiger partial charge is 0.410 e. The summed E-state index contributed by atoms with van der Waals surface area (Å²) >= 11 is 1.62. The largest absolute Gasteiger partial charge is 0.444 e. The molecule has 0 fully saturated rings. The average Bonchev–Trinajstić information content (AvgIpc) is 3.01. The number of nitrogens with zero attached hydrogens (tertiary/aromatic N) is 2. The van der Waals surface area contributed by atoms with Crippen molar-refractivity contribution in [3.8, 4) is 0 Å². The van der Waals surface area contributed by atoms with Crippen molar-refractivity contribution >= 4 is 23.1 Å². The molecule has 0 saturated carbocycles. The lowest BCUT2D eigenvalue weighted by molar-refractivity contribution is 0.0285. The third-order valence-electron chi connectivity index (χ3n) is 3.32. The molecule has 0 radical (unpaired) electrons. The molecule has 0 aliphatic heterocycles. The SMILES string of the molecule is CC(Nc1ccccc1CN(C)C(=O)OC(C)(C)C)c1nccs1. The van der Waals surface area contributed by atoms with Crippen molar-refractivity contribution in [1.29, 1.82) is 0 Å². The molecule has 0 aliphatic rings. The molecule has 1 atom stereocenters. The zero-order valence-electron chi connectivity index (χ0n) is 14.9. The molecule has 0 saturated heterocycles. The number of carbonyl (C=O) groups excluding carboxylic acids is 1. The first-order valence-corrected chi connectivity index (χ1v) is 8.82. The van der Waals surface area contributed by atoms with Crippen LogP contribution in [0.4, 0.5) is 10.5 Å². The quantitative estimate of drug-likeness (QED) is 0.853. The maximum atomic E-state index is 12.2. The number of ether oxygens (including phenoxy) is 1. The van der Waals surface area contributed by atoms with Gasteiger partial charge >= 0.3 is 6.09 Å². The van der Waals surface area contributed by atoms with Crippen molar-refractivity contribution in [3.63, 3.8) is 0 Å². The number of nitrogens with one attached hydrogen (secondary N) is 1. The molecular weight excluding hydrogens is 322 g/mol. The lowest BCUT2D eigenvalue weighted by Gasteiger charge is -2.25. The zero-order valence-corrected chi connectivity index (χ0v) is 15.7. The molecule has 1 aromatic heterocycles. The van der Waals surface area contributed by atoms with Crippen LogP contribution < -0.4 is 5.32 Å². The predicted octanol–water partition coefficient (Wildman–Crippen LogP) is 4.68. The number of anilines is 1. The van der Waals surface area contributed by atoms with Gasteiger partial charge in [0.15, 0.2) is 0 Å². The number of thiazole rings is 1. The Kier molecular flexibility index (Phi) is 5.83. The molecule has 1 aromatic carbocycles. The number of hydrogen-bond donors (Lipinski definition) is 1. The van der Waals surface area contributed by atoms with Gasteiger partial charge in [0.25, 0.3) is 0 Å². The standard InChI is InChI=1S/C18H25N3O2S/c1-13(16-19-10-11-24-16)20-15-9-7-6-8-14(15)12-21(5)17(22)23-18(2,3)4/h6-11,13,20H,12H2,1-5H3. The van der Waals surface area contributed by atoms with E-state index in [1.807, 2.05) is 50.4 Å². The van der Waals surface area contributed by atoms with E-state index in [2.05, 4.69) is 17.2 Å². The highest BCUT2D eigenvalue weighted by Gasteiger charge is 2.20. The molecule has 6 heteroatoms. The third-order valence-corrected chi connectivity index (χ3v) is 4.28. The molecule has 1 amide bonds. The van der Waals surface area contributed by atoms with Crippen LogP contribution in [0.15, 0.2) is 35.8 Å². The molecule has 130 valence electrons. The summed E-state index contributed by atoms with van der Waals surface area (Å²) in [6.45, 7) is 8.15. The molecule has 1 unspecified atom stereocenters. The molecule has 0 aliphatic carbocycles. The minimum Gasteiger partial charge on any atom is -0.444 e. The van der Waals surface area contributed by atoms with Crippen molar-refractivity contribution in [2.24, 2.45) is 0 Å². The Morgan fingerprint density at radius 2 is 2.08 bits per heavy atom. The van der Waals surface area contributed by atoms with E-state index in [1.165, 1.54) is 0 Å². The topological polar surface area (TPSA) is 54.5 Å². The second-order valence-corrected chi connectivity index (χ2v) is 7.66. The van der Waals surface area contributed by atoms with Crippen LogP contribution in [-0.2, 0) is 11.3 Å². The van der Waals surface area contributed by atoms with Gasteiger partial charge in [-0.2, -0.15) is 0 Å². The van der Waals surface area contributed by atoms with Crippen molar-refractivity contribution in [3.05, 3.63) is 46.4 Å². The highest BCUT2D eigenvalue weighted by atomic mass is 32.1. The Morgan fingerprint density at radius 1 is 1.38 bits per heavy atom. The van der Waals surface area contributed by atoms with Gasteiger partial charge in [-0.3, -0.25) is 0 Å². The summed E-state index contributed by atoms with van der Waals surface area (Å²) in [5.74, 6) is 0. The van der Waals surface area contributed by atoms with Crippen LogP contribution in [-0.4, -0.2) is 28.6 Å². The zero-order chi connectivity index (χ0) is 17.7. The summed E-state index contributed by atoms with van der Waals surface area (Å²) in [5, 5.41) is 6.48. The summed E-state index contributed by atoms with van der Waals surface area (Å²) in [4.78, 5) is 18.1. The number of hydrogen-bond acceptors (Lipinski definition) is 5. The lowest BCUT2D eigenvalue weighted by Crippen LogP contribution is -2.34. The van der Waals surface area contributed by atoms with Crippen LogP contribution in [0.1, 0.15) is 44.3 Å². The summed E-state index contributed by atoms with van der Waals surface area (Å²) in [5.41, 5.74) is 1.53. The maximum Gasteiger partial charge on any atom is 0.410 e. The number of carbonyl (C=O) groups is 1. The van der Waals surface area contributed by atoms with E-state index < -0.39 is 5.60 Å². The number of amides is 1. The molecule has 1 heterocycles. The summed E-state index contributed by atoms with van der Waals surface area (Å²) in [6, 6.07) is 8.09. The van der Waals surface area contributed by atoms with E-state index in [9.17, 15) is 4.79 Å². The Morgan fingerprint density at radius 3 is 2.71 bits per heavy atom. The van der Waals surface area contributed by atoms with Crippen molar-refractivity contribution < 1.29 is 9.53 Å².